The van der Waals surface area contributed by atoms with Gasteiger partial charge in [0.15, 0.2) is 0 Å². The highest BCUT2D eigenvalue weighted by Gasteiger charge is 2.30. The Balaban J connectivity index is 2.13. The molecule has 0 unspecified atom stereocenters. The van der Waals surface area contributed by atoms with Gasteiger partial charge in [0.2, 0.25) is 0 Å². The summed E-state index contributed by atoms with van der Waals surface area (Å²) in [7, 11) is 0. The fourth-order valence-corrected chi connectivity index (χ4v) is 3.19. The van der Waals surface area contributed by atoms with Gasteiger partial charge in [0, 0.05) is 20.8 Å². The Morgan fingerprint density at radius 2 is 1.80 bits per heavy atom. The minimum absolute atomic E-state index is 0.150. The van der Waals surface area contributed by atoms with Gasteiger partial charge in [0.1, 0.15) is 0 Å². The van der Waals surface area contributed by atoms with Gasteiger partial charge >= 0.3 is 6.18 Å². The van der Waals surface area contributed by atoms with Crippen LogP contribution >= 0.6 is 27.7 Å². The molecule has 0 aliphatic carbocycles. The maximum atomic E-state index is 12.5. The smallest absolute Gasteiger partial charge is 0.398 e. The summed E-state index contributed by atoms with van der Waals surface area (Å²) in [6.45, 7) is 0. The monoisotopic (exact) mass is 361 g/mol. The Hall–Kier alpha value is -1.14. The summed E-state index contributed by atoms with van der Waals surface area (Å²) >= 11 is 4.84. The molecular weight excluding hydrogens is 351 g/mol. The van der Waals surface area contributed by atoms with Crippen LogP contribution in [0.4, 0.5) is 18.9 Å². The Morgan fingerprint density at radius 3 is 2.40 bits per heavy atom. The van der Waals surface area contributed by atoms with Gasteiger partial charge < -0.3 is 5.73 Å². The number of anilines is 1. The first-order valence-corrected chi connectivity index (χ1v) is 7.48. The van der Waals surface area contributed by atoms with E-state index in [1.54, 1.807) is 0 Å². The molecule has 0 amide bonds. The summed E-state index contributed by atoms with van der Waals surface area (Å²) in [5.41, 5.74) is 6.18. The highest BCUT2D eigenvalue weighted by molar-refractivity contribution is 9.10. The highest BCUT2D eigenvalue weighted by Crippen LogP contribution is 2.35. The van der Waals surface area contributed by atoms with Crippen LogP contribution < -0.4 is 5.73 Å². The molecule has 2 aromatic carbocycles. The fraction of sp³-hybridized carbons (Fsp3) is 0.143. The first-order valence-electron chi connectivity index (χ1n) is 5.71. The van der Waals surface area contributed by atoms with Crippen molar-refractivity contribution >= 4 is 33.4 Å². The second-order valence-electron chi connectivity index (χ2n) is 4.13. The zero-order chi connectivity index (χ0) is 14.8. The predicted octanol–water partition coefficient (Wildman–Crippen LogP) is 5.34. The number of nitrogens with two attached hydrogens (primary N) is 1. The SMILES string of the molecule is Nc1cc(C(F)(F)F)ccc1SCc1ccccc1Br. The lowest BCUT2D eigenvalue weighted by molar-refractivity contribution is -0.137. The molecule has 20 heavy (non-hydrogen) atoms. The number of rotatable bonds is 3. The third kappa shape index (κ3) is 3.70. The van der Waals surface area contributed by atoms with E-state index in [0.29, 0.717) is 10.6 Å². The zero-order valence-corrected chi connectivity index (χ0v) is 12.6. The van der Waals surface area contributed by atoms with Gasteiger partial charge in [-0.1, -0.05) is 34.1 Å². The summed E-state index contributed by atoms with van der Waals surface area (Å²) < 4.78 is 38.6. The average molecular weight is 362 g/mol. The average Bonchev–Trinajstić information content (AvgIpc) is 2.38. The maximum absolute atomic E-state index is 12.5. The molecule has 0 saturated carbocycles. The van der Waals surface area contributed by atoms with Crippen LogP contribution in [0.3, 0.4) is 0 Å². The quantitative estimate of drug-likeness (QED) is 0.589. The number of benzene rings is 2. The van der Waals surface area contributed by atoms with Crippen molar-refractivity contribution in [2.45, 2.75) is 16.8 Å². The largest absolute Gasteiger partial charge is 0.416 e. The standard InChI is InChI=1S/C14H11BrF3NS/c15-11-4-2-1-3-9(11)8-20-13-6-5-10(7-12(13)19)14(16,17)18/h1-7H,8,19H2. The van der Waals surface area contributed by atoms with E-state index in [9.17, 15) is 13.2 Å². The van der Waals surface area contributed by atoms with Crippen molar-refractivity contribution in [1.29, 1.82) is 0 Å². The minimum Gasteiger partial charge on any atom is -0.398 e. The van der Waals surface area contributed by atoms with Crippen LogP contribution in [-0.4, -0.2) is 0 Å². The van der Waals surface area contributed by atoms with Crippen LogP contribution in [0.1, 0.15) is 11.1 Å². The van der Waals surface area contributed by atoms with Crippen LogP contribution in [0.25, 0.3) is 0 Å². The number of thioether (sulfide) groups is 1. The number of hydrogen-bond acceptors (Lipinski definition) is 2. The van der Waals surface area contributed by atoms with Crippen molar-refractivity contribution in [3.8, 4) is 0 Å². The second kappa shape index (κ2) is 6.10. The van der Waals surface area contributed by atoms with Crippen LogP contribution in [0.15, 0.2) is 51.8 Å². The summed E-state index contributed by atoms with van der Waals surface area (Å²) in [6, 6.07) is 11.1. The van der Waals surface area contributed by atoms with E-state index < -0.39 is 11.7 Å². The van der Waals surface area contributed by atoms with E-state index in [4.69, 9.17) is 5.73 Å². The van der Waals surface area contributed by atoms with E-state index >= 15 is 0 Å². The summed E-state index contributed by atoms with van der Waals surface area (Å²) in [4.78, 5) is 0.647. The Kier molecular flexibility index (Phi) is 4.65. The molecule has 0 spiro atoms. The van der Waals surface area contributed by atoms with Gasteiger partial charge in [-0.2, -0.15) is 13.2 Å². The van der Waals surface area contributed by atoms with Crippen molar-refractivity contribution in [1.82, 2.24) is 0 Å². The molecule has 0 radical (unpaired) electrons. The zero-order valence-electron chi connectivity index (χ0n) is 10.2. The van der Waals surface area contributed by atoms with Crippen LogP contribution in [0.5, 0.6) is 0 Å². The molecule has 1 nitrogen and oxygen atoms in total. The number of nitrogen functional groups attached to an aromatic ring is 1. The lowest BCUT2D eigenvalue weighted by Crippen LogP contribution is -2.05. The van der Waals surface area contributed by atoms with Gasteiger partial charge in [-0.3, -0.25) is 0 Å². The van der Waals surface area contributed by atoms with Gasteiger partial charge in [-0.15, -0.1) is 11.8 Å². The molecule has 2 aromatic rings. The lowest BCUT2D eigenvalue weighted by atomic mass is 10.2. The summed E-state index contributed by atoms with van der Waals surface area (Å²) in [5.74, 6) is 0.636. The van der Waals surface area contributed by atoms with Crippen molar-refractivity contribution in [2.75, 3.05) is 5.73 Å². The molecule has 0 atom stereocenters. The fourth-order valence-electron chi connectivity index (χ4n) is 1.63. The molecule has 0 saturated heterocycles. The van der Waals surface area contributed by atoms with Crippen molar-refractivity contribution in [3.63, 3.8) is 0 Å². The highest BCUT2D eigenvalue weighted by atomic mass is 79.9. The number of alkyl halides is 3. The van der Waals surface area contributed by atoms with E-state index in [1.807, 2.05) is 24.3 Å². The minimum atomic E-state index is -4.36. The predicted molar refractivity (Wildman–Crippen MR) is 79.6 cm³/mol. The topological polar surface area (TPSA) is 26.0 Å². The Morgan fingerprint density at radius 1 is 1.10 bits per heavy atom. The van der Waals surface area contributed by atoms with E-state index in [-0.39, 0.29) is 5.69 Å². The van der Waals surface area contributed by atoms with Gasteiger partial charge in [-0.25, -0.2) is 0 Å². The van der Waals surface area contributed by atoms with Gasteiger partial charge in [0.05, 0.1) is 5.56 Å². The molecule has 0 heterocycles. The van der Waals surface area contributed by atoms with E-state index in [2.05, 4.69) is 15.9 Å². The second-order valence-corrected chi connectivity index (χ2v) is 6.00. The van der Waals surface area contributed by atoms with Crippen LogP contribution in [0, 0.1) is 0 Å². The van der Waals surface area contributed by atoms with E-state index in [1.165, 1.54) is 17.8 Å². The molecule has 0 aliphatic heterocycles. The van der Waals surface area contributed by atoms with Crippen molar-refractivity contribution in [2.24, 2.45) is 0 Å². The molecule has 0 aliphatic rings. The number of halogens is 4. The summed E-state index contributed by atoms with van der Waals surface area (Å²) in [6.07, 6.45) is -4.36. The third-order valence-electron chi connectivity index (χ3n) is 2.68. The number of hydrogen-bond donors (Lipinski definition) is 1. The first kappa shape index (κ1) is 15.3. The van der Waals surface area contributed by atoms with E-state index in [0.717, 1.165) is 22.2 Å². The van der Waals surface area contributed by atoms with Crippen LogP contribution in [0.2, 0.25) is 0 Å². The maximum Gasteiger partial charge on any atom is 0.416 e. The molecule has 6 heteroatoms. The molecule has 0 fully saturated rings. The first-order chi connectivity index (χ1) is 9.38. The van der Waals surface area contributed by atoms with Crippen molar-refractivity contribution < 1.29 is 13.2 Å². The third-order valence-corrected chi connectivity index (χ3v) is 4.59. The summed E-state index contributed by atoms with van der Waals surface area (Å²) in [5, 5.41) is 0. The normalized spacial score (nSPS) is 11.6. The molecule has 106 valence electrons. The Labute approximate surface area is 127 Å². The molecular formula is C14H11BrF3NS. The van der Waals surface area contributed by atoms with Gasteiger partial charge in [-0.05, 0) is 29.8 Å². The van der Waals surface area contributed by atoms with Crippen LogP contribution in [-0.2, 0) is 11.9 Å². The molecule has 2 N–H and O–H groups in total. The lowest BCUT2D eigenvalue weighted by Gasteiger charge is -2.11. The Bertz CT molecular complexity index is 614. The van der Waals surface area contributed by atoms with Crippen molar-refractivity contribution in [3.05, 3.63) is 58.1 Å². The molecule has 0 aromatic heterocycles. The van der Waals surface area contributed by atoms with Gasteiger partial charge in [0.25, 0.3) is 0 Å². The molecule has 0 bridgehead atoms. The molecule has 2 rings (SSSR count).